The predicted molar refractivity (Wildman–Crippen MR) is 61.3 cm³/mol. The number of ether oxygens (including phenoxy) is 1. The summed E-state index contributed by atoms with van der Waals surface area (Å²) >= 11 is 5.73. The Morgan fingerprint density at radius 2 is 2.31 bits per heavy atom. The molecule has 1 atom stereocenters. The first kappa shape index (κ1) is 12.8. The summed E-state index contributed by atoms with van der Waals surface area (Å²) in [4.78, 5) is 11.2. The van der Waals surface area contributed by atoms with Gasteiger partial charge in [-0.05, 0) is 13.0 Å². The molecule has 0 fully saturated rings. The highest BCUT2D eigenvalue weighted by molar-refractivity contribution is 6.32. The summed E-state index contributed by atoms with van der Waals surface area (Å²) in [6.45, 7) is 2.04. The van der Waals surface area contributed by atoms with E-state index in [1.54, 1.807) is 25.1 Å². The van der Waals surface area contributed by atoms with Crippen molar-refractivity contribution in [3.05, 3.63) is 28.8 Å². The molecule has 0 aromatic heterocycles. The fourth-order valence-corrected chi connectivity index (χ4v) is 1.52. The Balaban J connectivity index is 2.76. The molecule has 5 heteroatoms. The van der Waals surface area contributed by atoms with E-state index in [0.717, 1.165) is 0 Å². The molecule has 0 aliphatic rings. The van der Waals surface area contributed by atoms with Crippen LogP contribution in [0.2, 0.25) is 5.02 Å². The van der Waals surface area contributed by atoms with Gasteiger partial charge in [0.15, 0.2) is 0 Å². The van der Waals surface area contributed by atoms with Crippen LogP contribution in [-0.2, 0) is 9.53 Å². The van der Waals surface area contributed by atoms with E-state index >= 15 is 0 Å². The highest BCUT2D eigenvalue weighted by Crippen LogP contribution is 2.31. The number of para-hydroxylation sites is 1. The molecule has 0 heterocycles. The second-order valence-electron chi connectivity index (χ2n) is 3.29. The lowest BCUT2D eigenvalue weighted by Gasteiger charge is -2.13. The monoisotopic (exact) mass is 243 g/mol. The van der Waals surface area contributed by atoms with Crippen LogP contribution in [0.1, 0.15) is 24.9 Å². The highest BCUT2D eigenvalue weighted by Gasteiger charge is 2.16. The number of hydrogen-bond donors (Lipinski definition) is 2. The Morgan fingerprint density at radius 3 is 2.94 bits per heavy atom. The third-order valence-electron chi connectivity index (χ3n) is 2.11. The zero-order valence-corrected chi connectivity index (χ0v) is 9.70. The van der Waals surface area contributed by atoms with Crippen LogP contribution in [0.3, 0.4) is 0 Å². The molecule has 0 aliphatic heterocycles. The molecule has 3 N–H and O–H groups in total. The van der Waals surface area contributed by atoms with E-state index in [1.807, 2.05) is 0 Å². The van der Waals surface area contributed by atoms with Gasteiger partial charge in [0.2, 0.25) is 0 Å². The summed E-state index contributed by atoms with van der Waals surface area (Å²) in [6.07, 6.45) is 0.0156. The van der Waals surface area contributed by atoms with Crippen LogP contribution >= 0.6 is 11.6 Å². The smallest absolute Gasteiger partial charge is 0.307 e. The molecule has 0 unspecified atom stereocenters. The molecule has 4 nitrogen and oxygen atoms in total. The average Bonchev–Trinajstić information content (AvgIpc) is 2.22. The zero-order valence-electron chi connectivity index (χ0n) is 8.94. The quantitative estimate of drug-likeness (QED) is 0.794. The van der Waals surface area contributed by atoms with Gasteiger partial charge in [0.25, 0.3) is 0 Å². The van der Waals surface area contributed by atoms with Crippen LogP contribution in [0, 0.1) is 0 Å². The number of phenolic OH excluding ortho intramolecular Hbond substituents is 1. The molecular weight excluding hydrogens is 230 g/mol. The van der Waals surface area contributed by atoms with Crippen molar-refractivity contribution in [2.75, 3.05) is 6.61 Å². The van der Waals surface area contributed by atoms with Crippen molar-refractivity contribution in [2.24, 2.45) is 5.73 Å². The van der Waals surface area contributed by atoms with Gasteiger partial charge in [-0.2, -0.15) is 0 Å². The number of aromatic hydroxyl groups is 1. The lowest BCUT2D eigenvalue weighted by molar-refractivity contribution is -0.143. The van der Waals surface area contributed by atoms with Crippen LogP contribution in [0.4, 0.5) is 0 Å². The van der Waals surface area contributed by atoms with Gasteiger partial charge in [-0.1, -0.05) is 23.7 Å². The molecular formula is C11H14ClNO3. The Bertz CT molecular complexity index is 381. The Labute approximate surface area is 99.0 Å². The van der Waals surface area contributed by atoms with Crippen LogP contribution in [0.25, 0.3) is 0 Å². The van der Waals surface area contributed by atoms with Gasteiger partial charge in [0.05, 0.1) is 18.1 Å². The third kappa shape index (κ3) is 3.12. The molecule has 1 rings (SSSR count). The molecule has 0 amide bonds. The number of phenols is 1. The zero-order chi connectivity index (χ0) is 12.1. The Hall–Kier alpha value is -1.26. The predicted octanol–water partition coefficient (Wildman–Crippen LogP) is 2.00. The third-order valence-corrected chi connectivity index (χ3v) is 2.41. The number of nitrogens with two attached hydrogens (primary N) is 1. The van der Waals surface area contributed by atoms with Crippen molar-refractivity contribution in [3.63, 3.8) is 0 Å². The minimum Gasteiger partial charge on any atom is -0.506 e. The molecule has 0 aliphatic carbocycles. The maximum atomic E-state index is 11.2. The second-order valence-corrected chi connectivity index (χ2v) is 3.70. The van der Waals surface area contributed by atoms with E-state index in [-0.39, 0.29) is 17.2 Å². The van der Waals surface area contributed by atoms with Crippen LogP contribution < -0.4 is 5.73 Å². The van der Waals surface area contributed by atoms with Crippen molar-refractivity contribution in [2.45, 2.75) is 19.4 Å². The molecule has 0 radical (unpaired) electrons. The minimum absolute atomic E-state index is 0.0156. The number of benzene rings is 1. The van der Waals surface area contributed by atoms with E-state index in [1.165, 1.54) is 0 Å². The Morgan fingerprint density at radius 1 is 1.62 bits per heavy atom. The van der Waals surface area contributed by atoms with Crippen LogP contribution in [0.5, 0.6) is 5.75 Å². The van der Waals surface area contributed by atoms with Gasteiger partial charge >= 0.3 is 5.97 Å². The van der Waals surface area contributed by atoms with Crippen molar-refractivity contribution >= 4 is 17.6 Å². The minimum atomic E-state index is -0.613. The number of halogens is 1. The Kier molecular flexibility index (Phi) is 4.58. The number of carbonyl (C=O) groups is 1. The lowest BCUT2D eigenvalue weighted by Crippen LogP contribution is -2.17. The van der Waals surface area contributed by atoms with Gasteiger partial charge in [-0.15, -0.1) is 0 Å². The molecule has 0 spiro atoms. The maximum Gasteiger partial charge on any atom is 0.307 e. The summed E-state index contributed by atoms with van der Waals surface area (Å²) in [6, 6.07) is 4.24. The first-order chi connectivity index (χ1) is 7.56. The summed E-state index contributed by atoms with van der Waals surface area (Å²) in [5.41, 5.74) is 6.22. The molecule has 1 aromatic carbocycles. The van der Waals surface area contributed by atoms with E-state index in [4.69, 9.17) is 22.1 Å². The molecule has 88 valence electrons. The van der Waals surface area contributed by atoms with E-state index in [0.29, 0.717) is 12.2 Å². The van der Waals surface area contributed by atoms with E-state index in [2.05, 4.69) is 0 Å². The maximum absolute atomic E-state index is 11.2. The number of rotatable bonds is 4. The van der Waals surface area contributed by atoms with Gasteiger partial charge in [-0.3, -0.25) is 4.79 Å². The lowest BCUT2D eigenvalue weighted by atomic mass is 10.0. The van der Waals surface area contributed by atoms with E-state index < -0.39 is 12.0 Å². The molecule has 0 saturated carbocycles. The summed E-state index contributed by atoms with van der Waals surface area (Å²) < 4.78 is 4.77. The number of hydrogen-bond acceptors (Lipinski definition) is 4. The van der Waals surface area contributed by atoms with Gasteiger partial charge in [0, 0.05) is 11.6 Å². The largest absolute Gasteiger partial charge is 0.506 e. The highest BCUT2D eigenvalue weighted by atomic mass is 35.5. The summed E-state index contributed by atoms with van der Waals surface area (Å²) in [5.74, 6) is -0.477. The van der Waals surface area contributed by atoms with Crippen molar-refractivity contribution in [1.82, 2.24) is 0 Å². The average molecular weight is 244 g/mol. The molecule has 0 bridgehead atoms. The topological polar surface area (TPSA) is 72.5 Å². The fourth-order valence-electron chi connectivity index (χ4n) is 1.34. The van der Waals surface area contributed by atoms with Crippen molar-refractivity contribution < 1.29 is 14.6 Å². The normalized spacial score (nSPS) is 12.2. The molecule has 1 aromatic rings. The van der Waals surface area contributed by atoms with Gasteiger partial charge in [-0.25, -0.2) is 0 Å². The number of esters is 1. The standard InChI is InChI=1S/C11H14ClNO3/c1-2-16-10(14)6-9(13)7-4-3-5-8(12)11(7)15/h3-5,9,15H,2,6,13H2,1H3/t9-/m1/s1. The first-order valence-corrected chi connectivity index (χ1v) is 5.32. The first-order valence-electron chi connectivity index (χ1n) is 4.94. The number of carbonyl (C=O) groups excluding carboxylic acids is 1. The summed E-state index contributed by atoms with van der Waals surface area (Å²) in [7, 11) is 0. The fraction of sp³-hybridized carbons (Fsp3) is 0.364. The SMILES string of the molecule is CCOC(=O)C[C@@H](N)c1cccc(Cl)c1O. The second kappa shape index (κ2) is 5.72. The van der Waals surface area contributed by atoms with Gasteiger partial charge in [0.1, 0.15) is 5.75 Å². The van der Waals surface area contributed by atoms with Crippen molar-refractivity contribution in [1.29, 1.82) is 0 Å². The molecule has 16 heavy (non-hydrogen) atoms. The van der Waals surface area contributed by atoms with Gasteiger partial charge < -0.3 is 15.6 Å². The molecule has 0 saturated heterocycles. The summed E-state index contributed by atoms with van der Waals surface area (Å²) in [5, 5.41) is 9.87. The van der Waals surface area contributed by atoms with Crippen LogP contribution in [0.15, 0.2) is 18.2 Å². The van der Waals surface area contributed by atoms with E-state index in [9.17, 15) is 9.90 Å². The van der Waals surface area contributed by atoms with Crippen LogP contribution in [-0.4, -0.2) is 17.7 Å². The van der Waals surface area contributed by atoms with Crippen molar-refractivity contribution in [3.8, 4) is 5.75 Å².